The fourth-order valence-corrected chi connectivity index (χ4v) is 4.03. The van der Waals surface area contributed by atoms with E-state index >= 15 is 0 Å². The first-order valence-corrected chi connectivity index (χ1v) is 8.97. The maximum absolute atomic E-state index is 13.5. The van der Waals surface area contributed by atoms with Crippen LogP contribution in [-0.2, 0) is 6.42 Å². The lowest BCUT2D eigenvalue weighted by Crippen LogP contribution is -1.93. The van der Waals surface area contributed by atoms with Crippen molar-refractivity contribution in [2.75, 3.05) is 0 Å². The predicted molar refractivity (Wildman–Crippen MR) is 105 cm³/mol. The van der Waals surface area contributed by atoms with Crippen LogP contribution in [0.2, 0.25) is 0 Å². The molecule has 0 N–H and O–H groups in total. The van der Waals surface area contributed by atoms with Gasteiger partial charge in [0.1, 0.15) is 11.6 Å². The monoisotopic (exact) mass is 354 g/mol. The molecule has 0 saturated heterocycles. The van der Waals surface area contributed by atoms with Gasteiger partial charge in [0.05, 0.1) is 0 Å². The Morgan fingerprint density at radius 2 is 1.11 bits per heavy atom. The van der Waals surface area contributed by atoms with E-state index in [4.69, 9.17) is 0 Å². The van der Waals surface area contributed by atoms with Gasteiger partial charge < -0.3 is 0 Å². The van der Waals surface area contributed by atoms with E-state index in [9.17, 15) is 8.78 Å². The quantitative estimate of drug-likeness (QED) is 0.324. The van der Waals surface area contributed by atoms with Gasteiger partial charge in [0, 0.05) is 0 Å². The molecule has 0 atom stereocenters. The maximum Gasteiger partial charge on any atom is 0.123 e. The van der Waals surface area contributed by atoms with Crippen molar-refractivity contribution in [3.8, 4) is 33.4 Å². The molecule has 0 amide bonds. The first-order valence-electron chi connectivity index (χ1n) is 8.97. The smallest absolute Gasteiger partial charge is 0.123 e. The zero-order chi connectivity index (χ0) is 18.4. The molecule has 0 spiro atoms. The van der Waals surface area contributed by atoms with Gasteiger partial charge in [0.25, 0.3) is 0 Å². The Morgan fingerprint density at radius 3 is 1.81 bits per heavy atom. The van der Waals surface area contributed by atoms with E-state index in [1.807, 2.05) is 12.1 Å². The summed E-state index contributed by atoms with van der Waals surface area (Å²) in [5.41, 5.74) is 9.06. The molecule has 0 heterocycles. The van der Waals surface area contributed by atoms with Crippen LogP contribution in [0.15, 0.2) is 84.9 Å². The SMILES string of the molecule is Fc1ccc(-c2ccc3c(c2-c2ccc(F)cc2)Cc2ccccc2-3)cc1. The molecule has 0 nitrogen and oxygen atoms in total. The maximum atomic E-state index is 13.5. The number of halogens is 2. The molecule has 0 bridgehead atoms. The minimum Gasteiger partial charge on any atom is -0.207 e. The van der Waals surface area contributed by atoms with Crippen LogP contribution >= 0.6 is 0 Å². The van der Waals surface area contributed by atoms with Crippen molar-refractivity contribution >= 4 is 0 Å². The molecule has 0 fully saturated rings. The summed E-state index contributed by atoms with van der Waals surface area (Å²) in [6, 6.07) is 25.8. The highest BCUT2D eigenvalue weighted by molar-refractivity contribution is 5.93. The third-order valence-electron chi connectivity index (χ3n) is 5.28. The van der Waals surface area contributed by atoms with E-state index in [-0.39, 0.29) is 11.6 Å². The number of hydrogen-bond acceptors (Lipinski definition) is 0. The van der Waals surface area contributed by atoms with Gasteiger partial charge in [-0.25, -0.2) is 8.78 Å². The number of hydrogen-bond donors (Lipinski definition) is 0. The van der Waals surface area contributed by atoms with Gasteiger partial charge in [-0.2, -0.15) is 0 Å². The average molecular weight is 354 g/mol. The van der Waals surface area contributed by atoms with Gasteiger partial charge in [-0.15, -0.1) is 0 Å². The van der Waals surface area contributed by atoms with Crippen molar-refractivity contribution in [2.45, 2.75) is 6.42 Å². The van der Waals surface area contributed by atoms with Crippen molar-refractivity contribution in [3.05, 3.63) is 108 Å². The molecule has 1 aliphatic carbocycles. The molecule has 0 saturated carbocycles. The van der Waals surface area contributed by atoms with Crippen LogP contribution in [0.4, 0.5) is 8.78 Å². The first-order chi connectivity index (χ1) is 13.2. The Bertz CT molecular complexity index is 1140. The van der Waals surface area contributed by atoms with Gasteiger partial charge in [-0.3, -0.25) is 0 Å². The normalized spacial score (nSPS) is 11.9. The van der Waals surface area contributed by atoms with E-state index in [1.165, 1.54) is 46.5 Å². The Labute approximate surface area is 156 Å². The largest absolute Gasteiger partial charge is 0.207 e. The fourth-order valence-electron chi connectivity index (χ4n) is 4.03. The second-order valence-corrected chi connectivity index (χ2v) is 6.86. The second-order valence-electron chi connectivity index (χ2n) is 6.86. The Hall–Kier alpha value is -3.26. The van der Waals surface area contributed by atoms with Crippen LogP contribution in [0.25, 0.3) is 33.4 Å². The standard InChI is InChI=1S/C25H16F2/c26-19-9-5-16(6-10-19)22-13-14-23-21-4-2-1-3-18(21)15-24(23)25(22)17-7-11-20(27)12-8-17/h1-14H,15H2. The minimum atomic E-state index is -0.254. The zero-order valence-corrected chi connectivity index (χ0v) is 14.5. The molecule has 4 aromatic rings. The van der Waals surface area contributed by atoms with Crippen molar-refractivity contribution < 1.29 is 8.78 Å². The summed E-state index contributed by atoms with van der Waals surface area (Å²) >= 11 is 0. The molecule has 1 aliphatic rings. The predicted octanol–water partition coefficient (Wildman–Crippen LogP) is 6.87. The van der Waals surface area contributed by atoms with Crippen molar-refractivity contribution in [1.82, 2.24) is 0 Å². The molecule has 27 heavy (non-hydrogen) atoms. The molecular weight excluding hydrogens is 338 g/mol. The van der Waals surface area contributed by atoms with Gasteiger partial charge >= 0.3 is 0 Å². The van der Waals surface area contributed by atoms with Gasteiger partial charge in [-0.05, 0) is 75.2 Å². The van der Waals surface area contributed by atoms with Crippen molar-refractivity contribution in [3.63, 3.8) is 0 Å². The van der Waals surface area contributed by atoms with Crippen LogP contribution in [-0.4, -0.2) is 0 Å². The summed E-state index contributed by atoms with van der Waals surface area (Å²) < 4.78 is 26.9. The third-order valence-corrected chi connectivity index (χ3v) is 5.28. The number of rotatable bonds is 2. The fraction of sp³-hybridized carbons (Fsp3) is 0.0400. The van der Waals surface area contributed by atoms with Gasteiger partial charge in [0.2, 0.25) is 0 Å². The minimum absolute atomic E-state index is 0.252. The van der Waals surface area contributed by atoms with E-state index in [2.05, 4.69) is 36.4 Å². The Morgan fingerprint density at radius 1 is 0.519 bits per heavy atom. The van der Waals surface area contributed by atoms with Crippen LogP contribution in [0.1, 0.15) is 11.1 Å². The second kappa shape index (κ2) is 6.17. The Kier molecular flexibility index (Phi) is 3.64. The molecule has 4 aromatic carbocycles. The zero-order valence-electron chi connectivity index (χ0n) is 14.5. The third kappa shape index (κ3) is 2.65. The first kappa shape index (κ1) is 16.0. The summed E-state index contributed by atoms with van der Waals surface area (Å²) in [6.07, 6.45) is 0.841. The Balaban J connectivity index is 1.79. The van der Waals surface area contributed by atoms with Crippen LogP contribution in [0.5, 0.6) is 0 Å². The van der Waals surface area contributed by atoms with Crippen molar-refractivity contribution in [2.24, 2.45) is 0 Å². The highest BCUT2D eigenvalue weighted by Crippen LogP contribution is 2.45. The van der Waals surface area contributed by atoms with Crippen LogP contribution in [0.3, 0.4) is 0 Å². The summed E-state index contributed by atoms with van der Waals surface area (Å²) in [6.45, 7) is 0. The van der Waals surface area contributed by atoms with E-state index < -0.39 is 0 Å². The highest BCUT2D eigenvalue weighted by Gasteiger charge is 2.24. The molecule has 0 aromatic heterocycles. The summed E-state index contributed by atoms with van der Waals surface area (Å²) in [5.74, 6) is -0.506. The summed E-state index contributed by atoms with van der Waals surface area (Å²) in [5, 5.41) is 0. The molecular formula is C25H16F2. The van der Waals surface area contributed by atoms with E-state index in [1.54, 1.807) is 12.1 Å². The van der Waals surface area contributed by atoms with Gasteiger partial charge in [0.15, 0.2) is 0 Å². The average Bonchev–Trinajstić information content (AvgIpc) is 3.07. The van der Waals surface area contributed by atoms with Crippen LogP contribution < -0.4 is 0 Å². The topological polar surface area (TPSA) is 0 Å². The summed E-state index contributed by atoms with van der Waals surface area (Å²) in [7, 11) is 0. The molecule has 130 valence electrons. The van der Waals surface area contributed by atoms with E-state index in [0.717, 1.165) is 28.7 Å². The lowest BCUT2D eigenvalue weighted by atomic mass is 9.88. The lowest BCUT2D eigenvalue weighted by molar-refractivity contribution is 0.627. The highest BCUT2D eigenvalue weighted by atomic mass is 19.1. The molecule has 5 rings (SSSR count). The lowest BCUT2D eigenvalue weighted by Gasteiger charge is -2.16. The van der Waals surface area contributed by atoms with Gasteiger partial charge in [-0.1, -0.05) is 60.7 Å². The molecule has 2 heteroatoms. The molecule has 0 unspecified atom stereocenters. The van der Waals surface area contributed by atoms with Crippen LogP contribution in [0, 0.1) is 11.6 Å². The van der Waals surface area contributed by atoms with E-state index in [0.29, 0.717) is 0 Å². The number of benzene rings is 4. The molecule has 0 radical (unpaired) electrons. The number of fused-ring (bicyclic) bond motifs is 3. The van der Waals surface area contributed by atoms with Crippen molar-refractivity contribution in [1.29, 1.82) is 0 Å². The molecule has 0 aliphatic heterocycles. The summed E-state index contributed by atoms with van der Waals surface area (Å²) in [4.78, 5) is 0.